The van der Waals surface area contributed by atoms with Gasteiger partial charge in [-0.3, -0.25) is 4.79 Å². The van der Waals surface area contributed by atoms with E-state index in [1.807, 2.05) is 20.8 Å². The molecule has 0 fully saturated rings. The van der Waals surface area contributed by atoms with Crippen molar-refractivity contribution in [2.75, 3.05) is 6.61 Å². The molecule has 0 aliphatic carbocycles. The van der Waals surface area contributed by atoms with Crippen LogP contribution in [0.1, 0.15) is 47.5 Å². The number of aliphatic hydroxyl groups excluding tert-OH is 1. The van der Waals surface area contributed by atoms with Crippen LogP contribution in [-0.2, 0) is 14.3 Å². The molecule has 0 saturated heterocycles. The standard InChI is InChI=1S/C12H24O4/c1-6-15-11(14)7-8-12(5,10(4)13)16-9(2)3/h9-10,13H,6-8H2,1-5H3. The molecule has 0 aromatic rings. The lowest BCUT2D eigenvalue weighted by atomic mass is 9.93. The molecular formula is C12H24O4. The Kier molecular flexibility index (Phi) is 6.60. The van der Waals surface area contributed by atoms with Crippen molar-refractivity contribution in [3.63, 3.8) is 0 Å². The molecule has 0 bridgehead atoms. The van der Waals surface area contributed by atoms with Gasteiger partial charge in [0.1, 0.15) is 0 Å². The van der Waals surface area contributed by atoms with E-state index in [9.17, 15) is 9.90 Å². The summed E-state index contributed by atoms with van der Waals surface area (Å²) in [7, 11) is 0. The number of carbonyl (C=O) groups excluding carboxylic acids is 1. The summed E-state index contributed by atoms with van der Waals surface area (Å²) < 4.78 is 10.5. The highest BCUT2D eigenvalue weighted by molar-refractivity contribution is 5.69. The number of carbonyl (C=O) groups is 1. The lowest BCUT2D eigenvalue weighted by molar-refractivity contribution is -0.153. The minimum Gasteiger partial charge on any atom is -0.466 e. The SMILES string of the molecule is CCOC(=O)CCC(C)(OC(C)C)C(C)O. The third kappa shape index (κ3) is 5.47. The van der Waals surface area contributed by atoms with Crippen molar-refractivity contribution >= 4 is 5.97 Å². The fourth-order valence-corrected chi connectivity index (χ4v) is 1.49. The van der Waals surface area contributed by atoms with Gasteiger partial charge in [0.2, 0.25) is 0 Å². The molecule has 0 spiro atoms. The van der Waals surface area contributed by atoms with E-state index < -0.39 is 11.7 Å². The van der Waals surface area contributed by atoms with Gasteiger partial charge < -0.3 is 14.6 Å². The van der Waals surface area contributed by atoms with Gasteiger partial charge in [0.15, 0.2) is 0 Å². The third-order valence-electron chi connectivity index (χ3n) is 2.52. The van der Waals surface area contributed by atoms with Gasteiger partial charge in [-0.2, -0.15) is 0 Å². The van der Waals surface area contributed by atoms with E-state index >= 15 is 0 Å². The van der Waals surface area contributed by atoms with Crippen LogP contribution in [0.15, 0.2) is 0 Å². The van der Waals surface area contributed by atoms with Gasteiger partial charge in [-0.25, -0.2) is 0 Å². The Morgan fingerprint density at radius 1 is 1.38 bits per heavy atom. The second-order valence-electron chi connectivity index (χ2n) is 4.46. The van der Waals surface area contributed by atoms with Crippen molar-refractivity contribution in [1.82, 2.24) is 0 Å². The molecule has 0 radical (unpaired) electrons. The normalized spacial score (nSPS) is 16.9. The van der Waals surface area contributed by atoms with Gasteiger partial charge in [-0.1, -0.05) is 0 Å². The number of rotatable bonds is 7. The molecule has 0 aliphatic rings. The van der Waals surface area contributed by atoms with E-state index in [1.54, 1.807) is 13.8 Å². The first-order chi connectivity index (χ1) is 7.31. The molecule has 96 valence electrons. The summed E-state index contributed by atoms with van der Waals surface area (Å²) in [5, 5.41) is 9.69. The summed E-state index contributed by atoms with van der Waals surface area (Å²) in [5.74, 6) is -0.248. The Morgan fingerprint density at radius 3 is 2.31 bits per heavy atom. The predicted molar refractivity (Wildman–Crippen MR) is 62.2 cm³/mol. The van der Waals surface area contributed by atoms with E-state index in [0.717, 1.165) is 0 Å². The molecule has 0 heterocycles. The van der Waals surface area contributed by atoms with E-state index in [4.69, 9.17) is 9.47 Å². The maximum Gasteiger partial charge on any atom is 0.305 e. The summed E-state index contributed by atoms with van der Waals surface area (Å²) in [6.07, 6.45) is 0.120. The Morgan fingerprint density at radius 2 is 1.94 bits per heavy atom. The number of esters is 1. The molecule has 4 heteroatoms. The molecular weight excluding hydrogens is 208 g/mol. The number of hydrogen-bond acceptors (Lipinski definition) is 4. The van der Waals surface area contributed by atoms with Gasteiger partial charge in [0, 0.05) is 6.42 Å². The number of ether oxygens (including phenoxy) is 2. The molecule has 2 unspecified atom stereocenters. The second kappa shape index (κ2) is 6.86. The minimum absolute atomic E-state index is 0.0156. The van der Waals surface area contributed by atoms with E-state index in [1.165, 1.54) is 0 Å². The van der Waals surface area contributed by atoms with Crippen LogP contribution in [0.5, 0.6) is 0 Å². The van der Waals surface area contributed by atoms with Gasteiger partial charge in [0.05, 0.1) is 24.4 Å². The molecule has 0 aromatic carbocycles. The first-order valence-electron chi connectivity index (χ1n) is 5.83. The van der Waals surface area contributed by atoms with Crippen molar-refractivity contribution < 1.29 is 19.4 Å². The largest absolute Gasteiger partial charge is 0.466 e. The zero-order chi connectivity index (χ0) is 12.8. The molecule has 0 saturated carbocycles. The average molecular weight is 232 g/mol. The highest BCUT2D eigenvalue weighted by Gasteiger charge is 2.32. The fourth-order valence-electron chi connectivity index (χ4n) is 1.49. The van der Waals surface area contributed by atoms with Gasteiger partial charge in [-0.15, -0.1) is 0 Å². The minimum atomic E-state index is -0.694. The van der Waals surface area contributed by atoms with Crippen molar-refractivity contribution in [2.24, 2.45) is 0 Å². The molecule has 0 aromatic heterocycles. The van der Waals surface area contributed by atoms with E-state index in [2.05, 4.69) is 0 Å². The van der Waals surface area contributed by atoms with Crippen molar-refractivity contribution in [3.05, 3.63) is 0 Å². The van der Waals surface area contributed by atoms with Crippen LogP contribution in [0.3, 0.4) is 0 Å². The second-order valence-corrected chi connectivity index (χ2v) is 4.46. The molecule has 0 aliphatic heterocycles. The Bertz CT molecular complexity index is 213. The van der Waals surface area contributed by atoms with Crippen molar-refractivity contribution in [3.8, 4) is 0 Å². The maximum atomic E-state index is 11.2. The summed E-state index contributed by atoms with van der Waals surface area (Å²) in [6.45, 7) is 9.46. The number of aliphatic hydroxyl groups is 1. The van der Waals surface area contributed by atoms with Crippen LogP contribution < -0.4 is 0 Å². The van der Waals surface area contributed by atoms with Gasteiger partial charge >= 0.3 is 5.97 Å². The Labute approximate surface area is 97.9 Å². The zero-order valence-corrected chi connectivity index (χ0v) is 10.9. The number of hydrogen-bond donors (Lipinski definition) is 1. The van der Waals surface area contributed by atoms with Crippen LogP contribution in [-0.4, -0.2) is 35.5 Å². The molecule has 2 atom stereocenters. The van der Waals surface area contributed by atoms with E-state index in [-0.39, 0.29) is 18.5 Å². The molecule has 0 rings (SSSR count). The maximum absolute atomic E-state index is 11.2. The highest BCUT2D eigenvalue weighted by Crippen LogP contribution is 2.24. The molecule has 0 amide bonds. The summed E-state index contributed by atoms with van der Waals surface area (Å²) in [5.41, 5.74) is -0.694. The van der Waals surface area contributed by atoms with Crippen LogP contribution in [0, 0.1) is 0 Å². The Hall–Kier alpha value is -0.610. The van der Waals surface area contributed by atoms with Crippen LogP contribution in [0.25, 0.3) is 0 Å². The van der Waals surface area contributed by atoms with Crippen molar-refractivity contribution in [2.45, 2.75) is 65.3 Å². The smallest absolute Gasteiger partial charge is 0.305 e. The quantitative estimate of drug-likeness (QED) is 0.681. The summed E-state index contributed by atoms with van der Waals surface area (Å²) in [4.78, 5) is 11.2. The summed E-state index contributed by atoms with van der Waals surface area (Å²) in [6, 6.07) is 0. The fraction of sp³-hybridized carbons (Fsp3) is 0.917. The van der Waals surface area contributed by atoms with E-state index in [0.29, 0.717) is 13.0 Å². The van der Waals surface area contributed by atoms with Gasteiger partial charge in [0.25, 0.3) is 0 Å². The monoisotopic (exact) mass is 232 g/mol. The van der Waals surface area contributed by atoms with Crippen LogP contribution >= 0.6 is 0 Å². The first-order valence-corrected chi connectivity index (χ1v) is 5.83. The highest BCUT2D eigenvalue weighted by atomic mass is 16.5. The van der Waals surface area contributed by atoms with Crippen molar-refractivity contribution in [1.29, 1.82) is 0 Å². The Balaban J connectivity index is 4.28. The lowest BCUT2D eigenvalue weighted by Gasteiger charge is -2.34. The predicted octanol–water partition coefficient (Wildman–Crippen LogP) is 1.89. The third-order valence-corrected chi connectivity index (χ3v) is 2.52. The van der Waals surface area contributed by atoms with Gasteiger partial charge in [-0.05, 0) is 41.0 Å². The summed E-state index contributed by atoms with van der Waals surface area (Å²) >= 11 is 0. The molecule has 16 heavy (non-hydrogen) atoms. The molecule has 4 nitrogen and oxygen atoms in total. The topological polar surface area (TPSA) is 55.8 Å². The van der Waals surface area contributed by atoms with Crippen LogP contribution in [0.4, 0.5) is 0 Å². The zero-order valence-electron chi connectivity index (χ0n) is 10.9. The first kappa shape index (κ1) is 15.4. The van der Waals surface area contributed by atoms with Crippen LogP contribution in [0.2, 0.25) is 0 Å². The average Bonchev–Trinajstić information content (AvgIpc) is 2.14. The molecule has 1 N–H and O–H groups in total. The lowest BCUT2D eigenvalue weighted by Crippen LogP contribution is -2.42.